The van der Waals surface area contributed by atoms with Crippen molar-refractivity contribution in [2.75, 3.05) is 0 Å². The summed E-state index contributed by atoms with van der Waals surface area (Å²) in [6, 6.07) is 1.80. The summed E-state index contributed by atoms with van der Waals surface area (Å²) in [7, 11) is 0. The van der Waals surface area contributed by atoms with Gasteiger partial charge >= 0.3 is 0 Å². The minimum atomic E-state index is -0.0706. The van der Waals surface area contributed by atoms with E-state index in [0.717, 1.165) is 16.7 Å². The van der Waals surface area contributed by atoms with Gasteiger partial charge in [0.15, 0.2) is 0 Å². The molecule has 3 heteroatoms. The molecule has 1 atom stereocenters. The quantitative estimate of drug-likeness (QED) is 0.788. The number of halogens is 1. The maximum Gasteiger partial charge on any atom is 0.121 e. The van der Waals surface area contributed by atoms with Gasteiger partial charge in [-0.25, -0.2) is 0 Å². The summed E-state index contributed by atoms with van der Waals surface area (Å²) in [5.74, 6) is 0.789. The highest BCUT2D eigenvalue weighted by Gasteiger charge is 2.07. The van der Waals surface area contributed by atoms with Crippen LogP contribution in [-0.2, 0) is 0 Å². The lowest BCUT2D eigenvalue weighted by molar-refractivity contribution is 0.467. The first-order valence-electron chi connectivity index (χ1n) is 3.34. The van der Waals surface area contributed by atoms with Gasteiger partial charge in [-0.05, 0) is 28.4 Å². The average molecular weight is 216 g/mol. The molecule has 60 valence electrons. The Hall–Kier alpha value is -0.540. The summed E-state index contributed by atoms with van der Waals surface area (Å²) >= 11 is 3.28. The molecular formula is C8H10BrNO. The van der Waals surface area contributed by atoms with Crippen molar-refractivity contribution < 1.29 is 4.42 Å². The standard InChI is InChI=1S/C8H10BrNO/c1-2-3-7(10)8-4-6(9)5-11-8/h2,4-5,7H,1,3,10H2/t7-/m0/s1. The van der Waals surface area contributed by atoms with E-state index in [0.29, 0.717) is 0 Å². The molecule has 0 radical (unpaired) electrons. The zero-order valence-corrected chi connectivity index (χ0v) is 7.67. The second-order valence-corrected chi connectivity index (χ2v) is 3.21. The molecule has 0 aliphatic heterocycles. The van der Waals surface area contributed by atoms with E-state index in [9.17, 15) is 0 Å². The number of rotatable bonds is 3. The minimum absolute atomic E-state index is 0.0706. The minimum Gasteiger partial charge on any atom is -0.466 e. The zero-order valence-electron chi connectivity index (χ0n) is 6.09. The molecule has 1 rings (SSSR count). The SMILES string of the molecule is C=CC[C@H](N)c1cc(Br)co1. The largest absolute Gasteiger partial charge is 0.466 e. The van der Waals surface area contributed by atoms with Gasteiger partial charge < -0.3 is 10.2 Å². The first kappa shape index (κ1) is 8.56. The van der Waals surface area contributed by atoms with Gasteiger partial charge in [0.25, 0.3) is 0 Å². The second kappa shape index (κ2) is 3.74. The van der Waals surface area contributed by atoms with Crippen LogP contribution in [0.2, 0.25) is 0 Å². The van der Waals surface area contributed by atoms with Gasteiger partial charge in [-0.3, -0.25) is 0 Å². The van der Waals surface area contributed by atoms with Crippen LogP contribution in [0.15, 0.2) is 33.9 Å². The van der Waals surface area contributed by atoms with Crippen molar-refractivity contribution in [3.63, 3.8) is 0 Å². The number of hydrogen-bond donors (Lipinski definition) is 1. The normalized spacial score (nSPS) is 12.9. The van der Waals surface area contributed by atoms with E-state index in [4.69, 9.17) is 10.2 Å². The topological polar surface area (TPSA) is 39.2 Å². The third kappa shape index (κ3) is 2.20. The highest BCUT2D eigenvalue weighted by Crippen LogP contribution is 2.20. The fourth-order valence-electron chi connectivity index (χ4n) is 0.818. The monoisotopic (exact) mass is 215 g/mol. The average Bonchev–Trinajstić information content (AvgIpc) is 2.36. The Labute approximate surface area is 74.2 Å². The predicted molar refractivity (Wildman–Crippen MR) is 48.2 cm³/mol. The highest BCUT2D eigenvalue weighted by molar-refractivity contribution is 9.10. The smallest absolute Gasteiger partial charge is 0.121 e. The maximum atomic E-state index is 5.73. The van der Waals surface area contributed by atoms with Crippen LogP contribution in [0.25, 0.3) is 0 Å². The third-order valence-electron chi connectivity index (χ3n) is 1.37. The molecule has 0 aliphatic carbocycles. The van der Waals surface area contributed by atoms with E-state index in [-0.39, 0.29) is 6.04 Å². The molecule has 2 nitrogen and oxygen atoms in total. The van der Waals surface area contributed by atoms with Crippen LogP contribution in [-0.4, -0.2) is 0 Å². The lowest BCUT2D eigenvalue weighted by Gasteiger charge is -2.02. The van der Waals surface area contributed by atoms with Crippen molar-refractivity contribution in [3.05, 3.63) is 35.2 Å². The Morgan fingerprint density at radius 3 is 3.00 bits per heavy atom. The van der Waals surface area contributed by atoms with Gasteiger partial charge in [-0.2, -0.15) is 0 Å². The molecule has 0 bridgehead atoms. The van der Waals surface area contributed by atoms with Gasteiger partial charge in [-0.1, -0.05) is 6.08 Å². The van der Waals surface area contributed by atoms with E-state index < -0.39 is 0 Å². The number of nitrogens with two attached hydrogens (primary N) is 1. The van der Waals surface area contributed by atoms with Crippen molar-refractivity contribution in [1.82, 2.24) is 0 Å². The summed E-state index contributed by atoms with van der Waals surface area (Å²) in [6.45, 7) is 3.60. The highest BCUT2D eigenvalue weighted by atomic mass is 79.9. The van der Waals surface area contributed by atoms with E-state index in [1.165, 1.54) is 0 Å². The van der Waals surface area contributed by atoms with Crippen molar-refractivity contribution >= 4 is 15.9 Å². The van der Waals surface area contributed by atoms with Gasteiger partial charge in [0.1, 0.15) is 12.0 Å². The Kier molecular flexibility index (Phi) is 2.91. The Balaban J connectivity index is 2.67. The third-order valence-corrected chi connectivity index (χ3v) is 1.79. The molecule has 0 fully saturated rings. The Bertz CT molecular complexity index is 244. The van der Waals surface area contributed by atoms with E-state index in [1.807, 2.05) is 6.07 Å². The van der Waals surface area contributed by atoms with Crippen LogP contribution >= 0.6 is 15.9 Å². The second-order valence-electron chi connectivity index (χ2n) is 2.30. The molecule has 2 N–H and O–H groups in total. The van der Waals surface area contributed by atoms with Crippen LogP contribution in [0.4, 0.5) is 0 Å². The fourth-order valence-corrected chi connectivity index (χ4v) is 1.14. The van der Waals surface area contributed by atoms with Crippen molar-refractivity contribution in [2.24, 2.45) is 5.73 Å². The van der Waals surface area contributed by atoms with E-state index in [1.54, 1.807) is 12.3 Å². The van der Waals surface area contributed by atoms with Gasteiger partial charge in [-0.15, -0.1) is 6.58 Å². The molecule has 1 aromatic rings. The molecule has 0 aliphatic rings. The molecule has 0 aromatic carbocycles. The fraction of sp³-hybridized carbons (Fsp3) is 0.250. The lowest BCUT2D eigenvalue weighted by atomic mass is 10.2. The zero-order chi connectivity index (χ0) is 8.27. The van der Waals surface area contributed by atoms with Gasteiger partial charge in [0.05, 0.1) is 10.5 Å². The van der Waals surface area contributed by atoms with Gasteiger partial charge in [0, 0.05) is 0 Å². The van der Waals surface area contributed by atoms with Crippen molar-refractivity contribution in [2.45, 2.75) is 12.5 Å². The molecule has 1 heterocycles. The van der Waals surface area contributed by atoms with Crippen LogP contribution in [0.5, 0.6) is 0 Å². The maximum absolute atomic E-state index is 5.73. The Morgan fingerprint density at radius 1 is 1.82 bits per heavy atom. The summed E-state index contributed by atoms with van der Waals surface area (Å²) in [5.41, 5.74) is 5.73. The molecule has 1 aromatic heterocycles. The van der Waals surface area contributed by atoms with Gasteiger partial charge in [0.2, 0.25) is 0 Å². The first-order valence-corrected chi connectivity index (χ1v) is 4.13. The van der Waals surface area contributed by atoms with E-state index >= 15 is 0 Å². The lowest BCUT2D eigenvalue weighted by Crippen LogP contribution is -2.07. The molecule has 11 heavy (non-hydrogen) atoms. The predicted octanol–water partition coefficient (Wildman–Crippen LogP) is 2.62. The first-order chi connectivity index (χ1) is 5.24. The van der Waals surface area contributed by atoms with Crippen LogP contribution in [0.1, 0.15) is 18.2 Å². The summed E-state index contributed by atoms with van der Waals surface area (Å²) < 4.78 is 6.08. The number of hydrogen-bond acceptors (Lipinski definition) is 2. The molecule has 0 saturated carbocycles. The van der Waals surface area contributed by atoms with Crippen molar-refractivity contribution in [3.8, 4) is 0 Å². The molecule has 0 saturated heterocycles. The Morgan fingerprint density at radius 2 is 2.55 bits per heavy atom. The molecule has 0 unspecified atom stereocenters. The van der Waals surface area contributed by atoms with E-state index in [2.05, 4.69) is 22.5 Å². The van der Waals surface area contributed by atoms with Crippen molar-refractivity contribution in [1.29, 1.82) is 0 Å². The molecular weight excluding hydrogens is 206 g/mol. The number of furan rings is 1. The van der Waals surface area contributed by atoms with Crippen LogP contribution in [0, 0.1) is 0 Å². The van der Waals surface area contributed by atoms with Crippen LogP contribution < -0.4 is 5.73 Å². The molecule has 0 spiro atoms. The summed E-state index contributed by atoms with van der Waals surface area (Å²) in [5, 5.41) is 0. The van der Waals surface area contributed by atoms with Crippen LogP contribution in [0.3, 0.4) is 0 Å². The summed E-state index contributed by atoms with van der Waals surface area (Å²) in [4.78, 5) is 0. The molecule has 0 amide bonds. The summed E-state index contributed by atoms with van der Waals surface area (Å²) in [6.07, 6.45) is 4.14.